The van der Waals surface area contributed by atoms with Gasteiger partial charge in [0.2, 0.25) is 10.0 Å². The van der Waals surface area contributed by atoms with Crippen LogP contribution >= 0.6 is 0 Å². The average Bonchev–Trinajstić information content (AvgIpc) is 2.38. The summed E-state index contributed by atoms with van der Waals surface area (Å²) >= 11 is 0. The normalized spacial score (nSPS) is 16.7. The van der Waals surface area contributed by atoms with E-state index in [1.54, 1.807) is 0 Å². The summed E-state index contributed by atoms with van der Waals surface area (Å²) in [7, 11) is -4.39. The number of halogens is 2. The monoisotopic (exact) mass is 319 g/mol. The SMILES string of the molecule is NS(=O)(=O)c1ccc(F)c(C(=O)OC2CCCCC2)c1F. The highest BCUT2D eigenvalue weighted by atomic mass is 32.2. The van der Waals surface area contributed by atoms with Gasteiger partial charge in [0, 0.05) is 0 Å². The Morgan fingerprint density at radius 2 is 1.81 bits per heavy atom. The van der Waals surface area contributed by atoms with Crippen molar-refractivity contribution in [1.29, 1.82) is 0 Å². The molecule has 1 aromatic rings. The molecule has 2 N–H and O–H groups in total. The fourth-order valence-electron chi connectivity index (χ4n) is 2.33. The molecule has 0 aliphatic heterocycles. The average molecular weight is 319 g/mol. The molecule has 1 aliphatic carbocycles. The van der Waals surface area contributed by atoms with E-state index in [2.05, 4.69) is 0 Å². The zero-order valence-electron chi connectivity index (χ0n) is 11.1. The Bertz CT molecular complexity index is 654. The number of benzene rings is 1. The van der Waals surface area contributed by atoms with E-state index in [9.17, 15) is 22.0 Å². The molecule has 0 heterocycles. The first-order valence-corrected chi connectivity index (χ1v) is 8.07. The van der Waals surface area contributed by atoms with E-state index in [1.807, 2.05) is 0 Å². The summed E-state index contributed by atoms with van der Waals surface area (Å²) < 4.78 is 55.1. The van der Waals surface area contributed by atoms with Gasteiger partial charge in [-0.2, -0.15) is 0 Å². The number of sulfonamides is 1. The van der Waals surface area contributed by atoms with Crippen LogP contribution < -0.4 is 5.14 Å². The minimum atomic E-state index is -4.39. The number of esters is 1. The van der Waals surface area contributed by atoms with Crippen molar-refractivity contribution in [2.45, 2.75) is 43.1 Å². The Morgan fingerprint density at radius 3 is 2.38 bits per heavy atom. The summed E-state index contributed by atoms with van der Waals surface area (Å²) in [5.74, 6) is -3.90. The molecule has 0 atom stereocenters. The third-order valence-electron chi connectivity index (χ3n) is 3.39. The smallest absolute Gasteiger partial charge is 0.344 e. The molecule has 0 aromatic heterocycles. The highest BCUT2D eigenvalue weighted by Crippen LogP contribution is 2.25. The first-order chi connectivity index (χ1) is 9.80. The molecule has 1 saturated carbocycles. The van der Waals surface area contributed by atoms with Gasteiger partial charge in [-0.05, 0) is 37.8 Å². The zero-order chi connectivity index (χ0) is 15.6. The fourth-order valence-corrected chi connectivity index (χ4v) is 2.94. The van der Waals surface area contributed by atoms with E-state index in [0.717, 1.165) is 19.3 Å². The number of hydrogen-bond donors (Lipinski definition) is 1. The van der Waals surface area contributed by atoms with Crippen molar-refractivity contribution in [2.24, 2.45) is 5.14 Å². The topological polar surface area (TPSA) is 86.5 Å². The molecule has 5 nitrogen and oxygen atoms in total. The van der Waals surface area contributed by atoms with Gasteiger partial charge >= 0.3 is 5.97 Å². The summed E-state index contributed by atoms with van der Waals surface area (Å²) in [6.45, 7) is 0. The van der Waals surface area contributed by atoms with Crippen molar-refractivity contribution in [3.05, 3.63) is 29.3 Å². The highest BCUT2D eigenvalue weighted by Gasteiger charge is 2.28. The molecule has 8 heteroatoms. The lowest BCUT2D eigenvalue weighted by Crippen LogP contribution is -2.23. The standard InChI is InChI=1S/C13H15F2NO4S/c14-9-6-7-10(21(16,18)19)12(15)11(9)13(17)20-8-4-2-1-3-5-8/h6-8H,1-5H2,(H2,16,18,19). The van der Waals surface area contributed by atoms with Crippen LogP contribution in [0.1, 0.15) is 42.5 Å². The lowest BCUT2D eigenvalue weighted by molar-refractivity contribution is 0.0200. The second-order valence-electron chi connectivity index (χ2n) is 4.94. The summed E-state index contributed by atoms with van der Waals surface area (Å²) in [4.78, 5) is 11.0. The molecule has 116 valence electrons. The van der Waals surface area contributed by atoms with Crippen LogP contribution in [-0.4, -0.2) is 20.5 Å². The van der Waals surface area contributed by atoms with Crippen LogP contribution in [0.3, 0.4) is 0 Å². The molecule has 1 aliphatic rings. The molecule has 0 radical (unpaired) electrons. The van der Waals surface area contributed by atoms with Gasteiger partial charge in [0.25, 0.3) is 0 Å². The van der Waals surface area contributed by atoms with Crippen LogP contribution in [-0.2, 0) is 14.8 Å². The zero-order valence-corrected chi connectivity index (χ0v) is 12.0. The molecular weight excluding hydrogens is 304 g/mol. The Kier molecular flexibility index (Phi) is 4.58. The number of carbonyl (C=O) groups excluding carboxylic acids is 1. The van der Waals surface area contributed by atoms with Gasteiger partial charge in [-0.3, -0.25) is 0 Å². The fraction of sp³-hybridized carbons (Fsp3) is 0.462. The van der Waals surface area contributed by atoms with E-state index in [-0.39, 0.29) is 0 Å². The van der Waals surface area contributed by atoms with Gasteiger partial charge in [-0.25, -0.2) is 27.1 Å². The molecule has 1 aromatic carbocycles. The van der Waals surface area contributed by atoms with Crippen molar-refractivity contribution in [2.75, 3.05) is 0 Å². The summed E-state index contributed by atoms with van der Waals surface area (Å²) in [6, 6.07) is 1.36. The molecule has 2 rings (SSSR count). The first kappa shape index (κ1) is 15.8. The van der Waals surface area contributed by atoms with E-state index < -0.39 is 44.2 Å². The van der Waals surface area contributed by atoms with E-state index in [1.165, 1.54) is 0 Å². The molecule has 1 fully saturated rings. The Labute approximate surface area is 121 Å². The number of hydrogen-bond acceptors (Lipinski definition) is 4. The van der Waals surface area contributed by atoms with Crippen molar-refractivity contribution >= 4 is 16.0 Å². The van der Waals surface area contributed by atoms with Gasteiger partial charge in [0.05, 0.1) is 0 Å². The maximum Gasteiger partial charge on any atom is 0.344 e. The predicted octanol–water partition coefficient (Wildman–Crippen LogP) is 2.10. The number of rotatable bonds is 3. The lowest BCUT2D eigenvalue weighted by Gasteiger charge is -2.22. The Morgan fingerprint density at radius 1 is 1.19 bits per heavy atom. The molecule has 0 bridgehead atoms. The van der Waals surface area contributed by atoms with Crippen LogP contribution in [0.25, 0.3) is 0 Å². The van der Waals surface area contributed by atoms with Crippen molar-refractivity contribution in [3.63, 3.8) is 0 Å². The van der Waals surface area contributed by atoms with Gasteiger partial charge in [0.15, 0.2) is 5.82 Å². The quantitative estimate of drug-likeness (QED) is 0.864. The number of carbonyl (C=O) groups is 1. The molecular formula is C13H15F2NO4S. The van der Waals surface area contributed by atoms with Crippen LogP contribution in [0, 0.1) is 11.6 Å². The van der Waals surface area contributed by atoms with Gasteiger partial charge in [-0.15, -0.1) is 0 Å². The largest absolute Gasteiger partial charge is 0.459 e. The lowest BCUT2D eigenvalue weighted by atomic mass is 9.98. The second-order valence-corrected chi connectivity index (χ2v) is 6.47. The van der Waals surface area contributed by atoms with E-state index >= 15 is 0 Å². The van der Waals surface area contributed by atoms with Crippen LogP contribution in [0.2, 0.25) is 0 Å². The predicted molar refractivity (Wildman–Crippen MR) is 70.0 cm³/mol. The molecule has 0 saturated heterocycles. The number of primary sulfonamides is 1. The molecule has 0 spiro atoms. The van der Waals surface area contributed by atoms with Crippen LogP contribution in [0.15, 0.2) is 17.0 Å². The van der Waals surface area contributed by atoms with E-state index in [4.69, 9.17) is 9.88 Å². The Hall–Kier alpha value is -1.54. The highest BCUT2D eigenvalue weighted by molar-refractivity contribution is 7.89. The van der Waals surface area contributed by atoms with E-state index in [0.29, 0.717) is 25.0 Å². The van der Waals surface area contributed by atoms with Crippen molar-refractivity contribution in [1.82, 2.24) is 0 Å². The first-order valence-electron chi connectivity index (χ1n) is 6.52. The van der Waals surface area contributed by atoms with Gasteiger partial charge in [0.1, 0.15) is 22.4 Å². The Balaban J connectivity index is 2.32. The third-order valence-corrected chi connectivity index (χ3v) is 4.32. The van der Waals surface area contributed by atoms with Crippen LogP contribution in [0.4, 0.5) is 8.78 Å². The minimum absolute atomic E-state index is 0.400. The van der Waals surface area contributed by atoms with Crippen LogP contribution in [0.5, 0.6) is 0 Å². The summed E-state index contributed by atoms with van der Waals surface area (Å²) in [5, 5.41) is 4.82. The van der Waals surface area contributed by atoms with Crippen molar-refractivity contribution in [3.8, 4) is 0 Å². The number of nitrogens with two attached hydrogens (primary N) is 1. The number of ether oxygens (including phenoxy) is 1. The summed E-state index contributed by atoms with van der Waals surface area (Å²) in [6.07, 6.45) is 3.63. The van der Waals surface area contributed by atoms with Gasteiger partial charge < -0.3 is 4.74 Å². The third kappa shape index (κ3) is 3.56. The molecule has 0 amide bonds. The van der Waals surface area contributed by atoms with Gasteiger partial charge in [-0.1, -0.05) is 6.42 Å². The van der Waals surface area contributed by atoms with Crippen molar-refractivity contribution < 1.29 is 26.7 Å². The minimum Gasteiger partial charge on any atom is -0.459 e. The maximum absolute atomic E-state index is 14.0. The second kappa shape index (κ2) is 6.07. The maximum atomic E-state index is 14.0. The molecule has 0 unspecified atom stereocenters. The molecule has 21 heavy (non-hydrogen) atoms. The summed E-state index contributed by atoms with van der Waals surface area (Å²) in [5.41, 5.74) is -1.02.